The van der Waals surface area contributed by atoms with Crippen LogP contribution in [0.25, 0.3) is 0 Å². The number of carbonyl (C=O) groups excluding carboxylic acids is 1. The van der Waals surface area contributed by atoms with E-state index in [0.717, 1.165) is 18.8 Å². The highest BCUT2D eigenvalue weighted by molar-refractivity contribution is 7.92. The van der Waals surface area contributed by atoms with Gasteiger partial charge in [-0.1, -0.05) is 12.5 Å². The average Bonchev–Trinajstić information content (AvgIpc) is 2.70. The Bertz CT molecular complexity index is 911. The summed E-state index contributed by atoms with van der Waals surface area (Å²) in [7, 11) is 0.451. The van der Waals surface area contributed by atoms with E-state index in [1.54, 1.807) is 23.1 Å². The molecule has 32 heavy (non-hydrogen) atoms. The lowest BCUT2D eigenvalue weighted by Crippen LogP contribution is -2.56. The number of nitrogens with zero attached hydrogens (tertiary/aromatic N) is 4. The monoisotopic (exact) mass is 460 g/mol. The zero-order chi connectivity index (χ0) is 22.7. The van der Waals surface area contributed by atoms with Crippen molar-refractivity contribution < 1.29 is 13.2 Å². The number of likely N-dealkylation sites (N-methyl/N-ethyl adjacent to an activating group) is 1. The van der Waals surface area contributed by atoms with Gasteiger partial charge in [0.1, 0.15) is 5.25 Å². The zero-order valence-corrected chi connectivity index (χ0v) is 20.1. The second-order valence-corrected chi connectivity index (χ2v) is 11.9. The van der Waals surface area contributed by atoms with Crippen molar-refractivity contribution in [3.63, 3.8) is 0 Å². The fraction of sp³-hybridized carbons (Fsp3) is 0.625. The third kappa shape index (κ3) is 5.35. The van der Waals surface area contributed by atoms with Gasteiger partial charge in [0.05, 0.1) is 4.90 Å². The van der Waals surface area contributed by atoms with E-state index in [0.29, 0.717) is 17.4 Å². The van der Waals surface area contributed by atoms with Gasteiger partial charge >= 0.3 is 0 Å². The molecule has 3 aliphatic heterocycles. The predicted octanol–water partition coefficient (Wildman–Crippen LogP) is 1.71. The van der Waals surface area contributed by atoms with Gasteiger partial charge in [0.2, 0.25) is 5.91 Å². The van der Waals surface area contributed by atoms with Crippen LogP contribution in [0.3, 0.4) is 0 Å². The molecule has 3 fully saturated rings. The number of anilines is 1. The first-order chi connectivity index (χ1) is 15.3. The molecule has 0 aromatic heterocycles. The molecule has 0 unspecified atom stereocenters. The number of sulfone groups is 1. The average molecular weight is 461 g/mol. The highest BCUT2D eigenvalue weighted by Gasteiger charge is 2.40. The van der Waals surface area contributed by atoms with Crippen LogP contribution in [0.2, 0.25) is 0 Å². The van der Waals surface area contributed by atoms with E-state index in [1.165, 1.54) is 45.0 Å². The van der Waals surface area contributed by atoms with Crippen LogP contribution >= 0.6 is 0 Å². The standard InChI is InChI=1S/C24H36N4O3S/c1-25(2)12-6-7-24(29)28-18-23(19-28)32(30,31)22-10-8-21(9-11-22)27-16-20(17-27)15-26-13-4-3-5-14-26/h6-11,20,23H,3-5,12-19H2,1-2H3/b7-6+. The third-order valence-corrected chi connectivity index (χ3v) is 8.89. The Morgan fingerprint density at radius 1 is 1.03 bits per heavy atom. The summed E-state index contributed by atoms with van der Waals surface area (Å²) in [6.07, 6.45) is 7.35. The Morgan fingerprint density at radius 3 is 2.31 bits per heavy atom. The van der Waals surface area contributed by atoms with Gasteiger partial charge in [-0.25, -0.2) is 8.42 Å². The van der Waals surface area contributed by atoms with Crippen molar-refractivity contribution >= 4 is 21.4 Å². The number of carbonyl (C=O) groups is 1. The fourth-order valence-corrected chi connectivity index (χ4v) is 6.38. The molecule has 176 valence electrons. The maximum Gasteiger partial charge on any atom is 0.246 e. The molecular formula is C24H36N4O3S. The van der Waals surface area contributed by atoms with Crippen molar-refractivity contribution in [3.05, 3.63) is 36.4 Å². The smallest absolute Gasteiger partial charge is 0.246 e. The van der Waals surface area contributed by atoms with Crippen molar-refractivity contribution in [2.45, 2.75) is 29.4 Å². The quantitative estimate of drug-likeness (QED) is 0.551. The van der Waals surface area contributed by atoms with Crippen LogP contribution in [-0.2, 0) is 14.6 Å². The van der Waals surface area contributed by atoms with Crippen molar-refractivity contribution in [3.8, 4) is 0 Å². The van der Waals surface area contributed by atoms with Crippen LogP contribution in [0.1, 0.15) is 19.3 Å². The van der Waals surface area contributed by atoms with Gasteiger partial charge in [0.25, 0.3) is 0 Å². The number of rotatable bonds is 8. The van der Waals surface area contributed by atoms with Gasteiger partial charge in [-0.3, -0.25) is 4.79 Å². The summed E-state index contributed by atoms with van der Waals surface area (Å²) >= 11 is 0. The molecule has 4 rings (SSSR count). The number of piperidine rings is 1. The highest BCUT2D eigenvalue weighted by Crippen LogP contribution is 2.29. The molecule has 0 N–H and O–H groups in total. The van der Waals surface area contributed by atoms with Gasteiger partial charge < -0.3 is 19.6 Å². The van der Waals surface area contributed by atoms with Crippen molar-refractivity contribution in [1.29, 1.82) is 0 Å². The van der Waals surface area contributed by atoms with E-state index in [-0.39, 0.29) is 19.0 Å². The van der Waals surface area contributed by atoms with Gasteiger partial charge in [-0.05, 0) is 64.3 Å². The van der Waals surface area contributed by atoms with Gasteiger partial charge in [0, 0.05) is 56.9 Å². The molecule has 3 saturated heterocycles. The third-order valence-electron chi connectivity index (χ3n) is 6.78. The zero-order valence-electron chi connectivity index (χ0n) is 19.3. The molecule has 3 heterocycles. The maximum atomic E-state index is 12.9. The number of hydrogen-bond acceptors (Lipinski definition) is 6. The van der Waals surface area contributed by atoms with Crippen LogP contribution < -0.4 is 4.90 Å². The maximum absolute atomic E-state index is 12.9. The minimum absolute atomic E-state index is 0.120. The summed E-state index contributed by atoms with van der Waals surface area (Å²) in [5.41, 5.74) is 1.09. The van der Waals surface area contributed by atoms with Crippen molar-refractivity contribution in [1.82, 2.24) is 14.7 Å². The van der Waals surface area contributed by atoms with E-state index >= 15 is 0 Å². The lowest BCUT2D eigenvalue weighted by atomic mass is 9.97. The van der Waals surface area contributed by atoms with Crippen molar-refractivity contribution in [2.75, 3.05) is 71.4 Å². The summed E-state index contributed by atoms with van der Waals surface area (Å²) in [4.78, 5) is 21.0. The number of benzene rings is 1. The Kier molecular flexibility index (Phi) is 7.22. The second kappa shape index (κ2) is 9.93. The molecule has 8 heteroatoms. The first-order valence-corrected chi connectivity index (χ1v) is 13.3. The summed E-state index contributed by atoms with van der Waals surface area (Å²) in [6, 6.07) is 7.30. The van der Waals surface area contributed by atoms with Crippen LogP contribution in [0, 0.1) is 5.92 Å². The van der Waals surface area contributed by atoms with E-state index in [9.17, 15) is 13.2 Å². The van der Waals surface area contributed by atoms with Gasteiger partial charge in [-0.15, -0.1) is 0 Å². The molecule has 0 saturated carbocycles. The van der Waals surface area contributed by atoms with Crippen LogP contribution in [0.4, 0.5) is 5.69 Å². The molecule has 1 amide bonds. The molecule has 0 aliphatic carbocycles. The predicted molar refractivity (Wildman–Crippen MR) is 128 cm³/mol. The Labute approximate surface area is 192 Å². The number of likely N-dealkylation sites (tertiary alicyclic amines) is 2. The van der Waals surface area contributed by atoms with Crippen molar-refractivity contribution in [2.24, 2.45) is 5.92 Å². The Morgan fingerprint density at radius 2 is 1.69 bits per heavy atom. The molecule has 0 bridgehead atoms. The Hall–Kier alpha value is -1.90. The summed E-state index contributed by atoms with van der Waals surface area (Å²) < 4.78 is 25.9. The summed E-state index contributed by atoms with van der Waals surface area (Å²) in [5.74, 6) is 0.590. The molecule has 1 aromatic rings. The van der Waals surface area contributed by atoms with Crippen LogP contribution in [0.15, 0.2) is 41.3 Å². The molecule has 0 radical (unpaired) electrons. The molecular weight excluding hydrogens is 424 g/mol. The minimum Gasteiger partial charge on any atom is -0.371 e. The van der Waals surface area contributed by atoms with E-state index in [4.69, 9.17) is 0 Å². The largest absolute Gasteiger partial charge is 0.371 e. The van der Waals surface area contributed by atoms with Crippen LogP contribution in [0.5, 0.6) is 0 Å². The first-order valence-electron chi connectivity index (χ1n) is 11.7. The SMILES string of the molecule is CN(C)C/C=C/C(=O)N1CC(S(=O)(=O)c2ccc(N3CC(CN4CCCCC4)C3)cc2)C1. The number of amides is 1. The molecule has 3 aliphatic rings. The van der Waals surface area contributed by atoms with Crippen LogP contribution in [-0.4, -0.2) is 101 Å². The lowest BCUT2D eigenvalue weighted by molar-refractivity contribution is -0.129. The normalized spacial score (nSPS) is 21.2. The van der Waals surface area contributed by atoms with E-state index in [2.05, 4.69) is 9.80 Å². The highest BCUT2D eigenvalue weighted by atomic mass is 32.2. The second-order valence-electron chi connectivity index (χ2n) is 9.70. The lowest BCUT2D eigenvalue weighted by Gasteiger charge is -2.44. The fourth-order valence-electron chi connectivity index (χ4n) is 4.73. The summed E-state index contributed by atoms with van der Waals surface area (Å²) in [6.45, 7) is 6.96. The molecule has 1 aromatic carbocycles. The van der Waals surface area contributed by atoms with E-state index < -0.39 is 15.1 Å². The molecule has 7 nitrogen and oxygen atoms in total. The topological polar surface area (TPSA) is 64.2 Å². The number of hydrogen-bond donors (Lipinski definition) is 0. The summed E-state index contributed by atoms with van der Waals surface area (Å²) in [5, 5.41) is -0.516. The van der Waals surface area contributed by atoms with Gasteiger partial charge in [0.15, 0.2) is 9.84 Å². The minimum atomic E-state index is -3.42. The van der Waals surface area contributed by atoms with Gasteiger partial charge in [-0.2, -0.15) is 0 Å². The molecule has 0 atom stereocenters. The first kappa shape index (κ1) is 23.3. The van der Waals surface area contributed by atoms with E-state index in [1.807, 2.05) is 31.1 Å². The Balaban J connectivity index is 1.25. The molecule has 0 spiro atoms.